The summed E-state index contributed by atoms with van der Waals surface area (Å²) in [5.41, 5.74) is 0. The maximum atomic E-state index is 12.9. The Hall–Kier alpha value is -2.03. The van der Waals surface area contributed by atoms with E-state index in [0.29, 0.717) is 30.3 Å². The van der Waals surface area contributed by atoms with Crippen molar-refractivity contribution < 1.29 is 14.8 Å². The Kier molecular flexibility index (Phi) is 6.45. The van der Waals surface area contributed by atoms with Crippen LogP contribution in [0.5, 0.6) is 0 Å². The van der Waals surface area contributed by atoms with Gasteiger partial charge in [-0.1, -0.05) is 26.2 Å². The minimum atomic E-state index is -0.409. The summed E-state index contributed by atoms with van der Waals surface area (Å²) in [5, 5.41) is 23.8. The van der Waals surface area contributed by atoms with E-state index in [-0.39, 0.29) is 18.5 Å². The molecule has 9 heteroatoms. The predicted molar refractivity (Wildman–Crippen MR) is 80.1 cm³/mol. The number of rotatable bonds is 9. The van der Waals surface area contributed by atoms with Crippen LogP contribution >= 0.6 is 0 Å². The number of nitrogens with zero attached hydrogens (tertiary/aromatic N) is 5. The largest absolute Gasteiger partial charge is 0.332 e. The van der Waals surface area contributed by atoms with Gasteiger partial charge in [-0.05, 0) is 29.7 Å². The second-order valence-electron chi connectivity index (χ2n) is 5.90. The average molecular weight is 324 g/mol. The molecule has 1 aliphatic rings. The highest BCUT2D eigenvalue weighted by molar-refractivity contribution is 5.80. The molecule has 2 rings (SSSR count). The van der Waals surface area contributed by atoms with Crippen molar-refractivity contribution in [1.82, 2.24) is 30.6 Å². The molecule has 0 saturated carbocycles. The summed E-state index contributed by atoms with van der Waals surface area (Å²) in [6, 6.07) is -0.158. The zero-order valence-electron chi connectivity index (χ0n) is 13.4. The van der Waals surface area contributed by atoms with E-state index in [4.69, 9.17) is 0 Å². The van der Waals surface area contributed by atoms with Gasteiger partial charge in [0.1, 0.15) is 0 Å². The van der Waals surface area contributed by atoms with Crippen molar-refractivity contribution in [1.29, 1.82) is 0 Å². The van der Waals surface area contributed by atoms with E-state index in [1.165, 1.54) is 0 Å². The summed E-state index contributed by atoms with van der Waals surface area (Å²) in [5.74, 6) is 0.119. The van der Waals surface area contributed by atoms with Crippen molar-refractivity contribution >= 4 is 12.3 Å². The summed E-state index contributed by atoms with van der Waals surface area (Å²) in [6.07, 6.45) is 5.63. The van der Waals surface area contributed by atoms with E-state index in [0.717, 1.165) is 32.1 Å². The molecule has 0 aliphatic carbocycles. The second-order valence-corrected chi connectivity index (χ2v) is 5.90. The lowest BCUT2D eigenvalue weighted by Crippen LogP contribution is -2.40. The van der Waals surface area contributed by atoms with Gasteiger partial charge in [-0.15, -0.1) is 5.10 Å². The summed E-state index contributed by atoms with van der Waals surface area (Å²) in [4.78, 5) is 25.3. The van der Waals surface area contributed by atoms with E-state index < -0.39 is 5.92 Å². The van der Waals surface area contributed by atoms with Crippen LogP contribution in [-0.2, 0) is 9.59 Å². The summed E-state index contributed by atoms with van der Waals surface area (Å²) in [6.45, 7) is 2.75. The van der Waals surface area contributed by atoms with Crippen molar-refractivity contribution in [2.45, 2.75) is 51.5 Å². The van der Waals surface area contributed by atoms with E-state index in [1.807, 2.05) is 0 Å². The Balaban J connectivity index is 2.06. The van der Waals surface area contributed by atoms with Crippen LogP contribution in [0.25, 0.3) is 0 Å². The number of carbonyl (C=O) groups excluding carboxylic acids is 2. The van der Waals surface area contributed by atoms with Crippen LogP contribution in [0.4, 0.5) is 0 Å². The SMILES string of the molecule is CCCCC[C@@H](CN(O)C=O)C(=O)N1CCC[C@H]1c1nnn[nH]1. The number of aromatic nitrogens is 4. The highest BCUT2D eigenvalue weighted by atomic mass is 16.5. The quantitative estimate of drug-likeness (QED) is 0.302. The third-order valence-electron chi connectivity index (χ3n) is 4.25. The molecular weight excluding hydrogens is 300 g/mol. The molecule has 2 amide bonds. The van der Waals surface area contributed by atoms with Gasteiger partial charge in [0.25, 0.3) is 0 Å². The van der Waals surface area contributed by atoms with E-state index in [2.05, 4.69) is 27.5 Å². The van der Waals surface area contributed by atoms with E-state index in [1.54, 1.807) is 4.90 Å². The Morgan fingerprint density at radius 1 is 1.57 bits per heavy atom. The molecule has 1 saturated heterocycles. The Morgan fingerprint density at radius 3 is 3.04 bits per heavy atom. The smallest absolute Gasteiger partial charge is 0.233 e. The molecule has 1 fully saturated rings. The third kappa shape index (κ3) is 4.47. The zero-order chi connectivity index (χ0) is 16.7. The molecule has 0 aromatic carbocycles. The van der Waals surface area contributed by atoms with Crippen molar-refractivity contribution in [3.63, 3.8) is 0 Å². The second kappa shape index (κ2) is 8.56. The van der Waals surface area contributed by atoms with Gasteiger partial charge >= 0.3 is 0 Å². The van der Waals surface area contributed by atoms with Crippen molar-refractivity contribution in [3.05, 3.63) is 5.82 Å². The summed E-state index contributed by atoms with van der Waals surface area (Å²) in [7, 11) is 0. The monoisotopic (exact) mass is 324 g/mol. The first-order valence-electron chi connectivity index (χ1n) is 8.12. The maximum absolute atomic E-state index is 12.9. The van der Waals surface area contributed by atoms with Crippen LogP contribution in [0.3, 0.4) is 0 Å². The number of amides is 2. The first-order chi connectivity index (χ1) is 11.2. The molecule has 0 spiro atoms. The normalized spacial score (nSPS) is 18.9. The number of aromatic amines is 1. The van der Waals surface area contributed by atoms with Gasteiger partial charge in [0.05, 0.1) is 18.5 Å². The van der Waals surface area contributed by atoms with Crippen molar-refractivity contribution in [2.75, 3.05) is 13.1 Å². The fourth-order valence-electron chi connectivity index (χ4n) is 3.06. The van der Waals surface area contributed by atoms with Crippen LogP contribution in [-0.4, -0.2) is 61.2 Å². The number of carbonyl (C=O) groups is 2. The summed E-state index contributed by atoms with van der Waals surface area (Å²) >= 11 is 0. The lowest BCUT2D eigenvalue weighted by atomic mass is 9.99. The molecule has 1 aromatic rings. The Bertz CT molecular complexity index is 495. The molecule has 0 radical (unpaired) electrons. The summed E-state index contributed by atoms with van der Waals surface area (Å²) < 4.78 is 0. The minimum absolute atomic E-state index is 0.0178. The topological polar surface area (TPSA) is 115 Å². The highest BCUT2D eigenvalue weighted by Crippen LogP contribution is 2.31. The minimum Gasteiger partial charge on any atom is -0.332 e. The van der Waals surface area contributed by atoms with Gasteiger partial charge in [0.2, 0.25) is 12.3 Å². The number of hydroxylamine groups is 2. The molecule has 0 bridgehead atoms. The van der Waals surface area contributed by atoms with Crippen LogP contribution in [0, 0.1) is 5.92 Å². The zero-order valence-corrected chi connectivity index (χ0v) is 13.4. The number of tetrazole rings is 1. The molecule has 23 heavy (non-hydrogen) atoms. The fraction of sp³-hybridized carbons (Fsp3) is 0.786. The van der Waals surface area contributed by atoms with E-state index >= 15 is 0 Å². The first kappa shape index (κ1) is 17.3. The van der Waals surface area contributed by atoms with E-state index in [9.17, 15) is 14.8 Å². The molecule has 2 atom stereocenters. The van der Waals surface area contributed by atoms with Gasteiger partial charge in [-0.2, -0.15) is 0 Å². The van der Waals surface area contributed by atoms with Crippen molar-refractivity contribution in [2.24, 2.45) is 5.92 Å². The number of nitrogens with one attached hydrogen (secondary N) is 1. The predicted octanol–water partition coefficient (Wildman–Crippen LogP) is 0.907. The number of hydrogen-bond donors (Lipinski definition) is 2. The van der Waals surface area contributed by atoms with Gasteiger partial charge in [-0.25, -0.2) is 10.2 Å². The average Bonchev–Trinajstić information content (AvgIpc) is 3.23. The first-order valence-corrected chi connectivity index (χ1v) is 8.12. The molecule has 128 valence electrons. The van der Waals surface area contributed by atoms with Crippen molar-refractivity contribution in [3.8, 4) is 0 Å². The number of likely N-dealkylation sites (tertiary alicyclic amines) is 1. The number of unbranched alkanes of at least 4 members (excludes halogenated alkanes) is 2. The molecule has 0 unspecified atom stereocenters. The van der Waals surface area contributed by atoms with Gasteiger partial charge in [0.15, 0.2) is 5.82 Å². The standard InChI is InChI=1S/C14H24N6O3/c1-2-3-4-6-11(9-19(23)10-21)14(22)20-8-5-7-12(20)13-15-17-18-16-13/h10-12,23H,2-9H2,1H3,(H,15,16,17,18)/t11-,12-/m0/s1. The van der Waals surface area contributed by atoms with Gasteiger partial charge in [-0.3, -0.25) is 14.8 Å². The molecule has 2 heterocycles. The Morgan fingerprint density at radius 2 is 2.39 bits per heavy atom. The highest BCUT2D eigenvalue weighted by Gasteiger charge is 2.36. The lowest BCUT2D eigenvalue weighted by molar-refractivity contribution is -0.157. The van der Waals surface area contributed by atoms with Gasteiger partial charge < -0.3 is 4.90 Å². The molecule has 9 nitrogen and oxygen atoms in total. The van der Waals surface area contributed by atoms with Crippen LogP contribution in [0.2, 0.25) is 0 Å². The maximum Gasteiger partial charge on any atom is 0.233 e. The third-order valence-corrected chi connectivity index (χ3v) is 4.25. The number of hydrogen-bond acceptors (Lipinski definition) is 6. The fourth-order valence-corrected chi connectivity index (χ4v) is 3.06. The lowest BCUT2D eigenvalue weighted by Gasteiger charge is -2.28. The van der Waals surface area contributed by atoms with Crippen LogP contribution in [0.1, 0.15) is 57.3 Å². The number of H-pyrrole nitrogens is 1. The molecule has 2 N–H and O–H groups in total. The Labute approximate surface area is 135 Å². The molecule has 1 aromatic heterocycles. The van der Waals surface area contributed by atoms with Crippen LogP contribution in [0.15, 0.2) is 0 Å². The van der Waals surface area contributed by atoms with Gasteiger partial charge in [0, 0.05) is 6.54 Å². The van der Waals surface area contributed by atoms with Crippen LogP contribution < -0.4 is 0 Å². The molecule has 1 aliphatic heterocycles. The molecular formula is C14H24N6O3.